The van der Waals surface area contributed by atoms with Crippen molar-refractivity contribution in [1.82, 2.24) is 50.8 Å². The molecule has 3 aromatic heterocycles. The van der Waals surface area contributed by atoms with Crippen molar-refractivity contribution in [3.05, 3.63) is 54.7 Å². The molecule has 0 bridgehead atoms. The molecule has 0 saturated carbocycles. The van der Waals surface area contributed by atoms with Crippen molar-refractivity contribution in [3.63, 3.8) is 0 Å². The normalized spacial score (nSPS) is 16.8. The molecule has 17 nitrogen and oxygen atoms in total. The molecule has 42 heavy (non-hydrogen) atoms. The Balaban J connectivity index is 1.46. The predicted molar refractivity (Wildman–Crippen MR) is 144 cm³/mol. The zero-order valence-electron chi connectivity index (χ0n) is 22.6. The summed E-state index contributed by atoms with van der Waals surface area (Å²) in [6.45, 7) is -0.372. The monoisotopic (exact) mass is 583 g/mol. The average Bonchev–Trinajstić information content (AvgIpc) is 3.79. The van der Waals surface area contributed by atoms with E-state index >= 15 is 0 Å². The van der Waals surface area contributed by atoms with Crippen LogP contribution in [0.4, 0.5) is 0 Å². The first-order valence-electron chi connectivity index (χ1n) is 13.3. The zero-order chi connectivity index (χ0) is 30.1. The minimum Gasteiger partial charge on any atom is -0.480 e. The second-order valence-corrected chi connectivity index (χ2v) is 9.87. The summed E-state index contributed by atoms with van der Waals surface area (Å²) in [5.41, 5.74) is 7.87. The number of aromatic nitrogens is 6. The fraction of sp³-hybridized carbons (Fsp3) is 0.440. The van der Waals surface area contributed by atoms with Crippen LogP contribution < -0.4 is 21.7 Å². The van der Waals surface area contributed by atoms with Gasteiger partial charge >= 0.3 is 5.97 Å². The third-order valence-electron chi connectivity index (χ3n) is 6.79. The number of aromatic amines is 3. The van der Waals surface area contributed by atoms with E-state index < -0.39 is 60.3 Å². The third kappa shape index (κ3) is 8.00. The Kier molecular flexibility index (Phi) is 9.99. The van der Waals surface area contributed by atoms with Gasteiger partial charge in [0, 0.05) is 61.5 Å². The Hall–Kier alpha value is -5.06. The number of rotatable bonds is 14. The number of nitrogens with two attached hydrogens (primary N) is 1. The van der Waals surface area contributed by atoms with Gasteiger partial charge in [-0.2, -0.15) is 0 Å². The highest BCUT2D eigenvalue weighted by Gasteiger charge is 2.39. The zero-order valence-corrected chi connectivity index (χ0v) is 22.6. The molecule has 17 heteroatoms. The van der Waals surface area contributed by atoms with Crippen molar-refractivity contribution in [2.24, 2.45) is 5.73 Å². The fourth-order valence-corrected chi connectivity index (χ4v) is 4.70. The first-order valence-corrected chi connectivity index (χ1v) is 13.3. The SMILES string of the molecule is N[C@@H](Cc1cnc[nH]1)C(=O)N[C@@H](Cc1cnc[nH]1)C(=O)N1CCC[C@H]1C(=O)N[C@@H](Cc1cnc[nH]1)C(=O)NCC(=O)O. The summed E-state index contributed by atoms with van der Waals surface area (Å²) in [5.74, 6) is -3.58. The molecule has 3 aromatic rings. The van der Waals surface area contributed by atoms with E-state index in [4.69, 9.17) is 10.8 Å². The molecule has 4 amide bonds. The molecule has 1 fully saturated rings. The molecule has 0 aromatic carbocycles. The van der Waals surface area contributed by atoms with E-state index in [9.17, 15) is 24.0 Å². The van der Waals surface area contributed by atoms with Gasteiger partial charge in [-0.25, -0.2) is 15.0 Å². The summed E-state index contributed by atoms with van der Waals surface area (Å²) < 4.78 is 0. The van der Waals surface area contributed by atoms with E-state index in [1.165, 1.54) is 36.3 Å². The van der Waals surface area contributed by atoms with E-state index in [0.717, 1.165) is 0 Å². The highest BCUT2D eigenvalue weighted by molar-refractivity contribution is 5.95. The quantitative estimate of drug-likeness (QED) is 0.0979. The van der Waals surface area contributed by atoms with Gasteiger partial charge in [0.25, 0.3) is 0 Å². The summed E-state index contributed by atoms with van der Waals surface area (Å²) >= 11 is 0. The number of likely N-dealkylation sites (tertiary alicyclic amines) is 1. The van der Waals surface area contributed by atoms with Crippen LogP contribution in [0.25, 0.3) is 0 Å². The van der Waals surface area contributed by atoms with Gasteiger partial charge in [0.05, 0.1) is 25.0 Å². The lowest BCUT2D eigenvalue weighted by molar-refractivity contribution is -0.142. The van der Waals surface area contributed by atoms with E-state index in [2.05, 4.69) is 45.9 Å². The molecule has 224 valence electrons. The molecule has 9 N–H and O–H groups in total. The van der Waals surface area contributed by atoms with Gasteiger partial charge in [0.2, 0.25) is 23.6 Å². The van der Waals surface area contributed by atoms with E-state index in [1.807, 2.05) is 0 Å². The Morgan fingerprint density at radius 3 is 2.00 bits per heavy atom. The second-order valence-electron chi connectivity index (χ2n) is 9.87. The number of carboxylic acids is 1. The van der Waals surface area contributed by atoms with Crippen molar-refractivity contribution >= 4 is 29.6 Å². The number of hydrogen-bond donors (Lipinski definition) is 8. The van der Waals surface area contributed by atoms with Crippen LogP contribution in [0.5, 0.6) is 0 Å². The molecular formula is C25H33N11O6. The van der Waals surface area contributed by atoms with E-state index in [0.29, 0.717) is 29.9 Å². The Labute approximate surface area is 239 Å². The number of carboxylic acid groups (broad SMARTS) is 1. The Morgan fingerprint density at radius 2 is 1.45 bits per heavy atom. The van der Waals surface area contributed by atoms with Gasteiger partial charge in [0.1, 0.15) is 24.7 Å². The molecule has 0 unspecified atom stereocenters. The maximum atomic E-state index is 13.8. The molecule has 1 saturated heterocycles. The lowest BCUT2D eigenvalue weighted by Crippen LogP contribution is -2.58. The number of carbonyl (C=O) groups excluding carboxylic acids is 4. The number of amides is 4. The van der Waals surface area contributed by atoms with Crippen LogP contribution in [-0.4, -0.2) is 107 Å². The molecule has 4 heterocycles. The molecule has 0 spiro atoms. The third-order valence-corrected chi connectivity index (χ3v) is 6.79. The summed E-state index contributed by atoms with van der Waals surface area (Å²) in [6, 6.07) is -4.07. The Morgan fingerprint density at radius 1 is 0.881 bits per heavy atom. The largest absolute Gasteiger partial charge is 0.480 e. The van der Waals surface area contributed by atoms with Crippen LogP contribution in [0.1, 0.15) is 29.9 Å². The lowest BCUT2D eigenvalue weighted by Gasteiger charge is -2.30. The maximum Gasteiger partial charge on any atom is 0.322 e. The maximum absolute atomic E-state index is 13.8. The van der Waals surface area contributed by atoms with Gasteiger partial charge < -0.3 is 46.6 Å². The van der Waals surface area contributed by atoms with Crippen molar-refractivity contribution in [2.75, 3.05) is 13.1 Å². The minimum absolute atomic E-state index is 0.0184. The second kappa shape index (κ2) is 14.0. The van der Waals surface area contributed by atoms with Gasteiger partial charge in [-0.3, -0.25) is 24.0 Å². The molecule has 1 aliphatic rings. The van der Waals surface area contributed by atoms with Gasteiger partial charge in [-0.15, -0.1) is 0 Å². The highest BCUT2D eigenvalue weighted by Crippen LogP contribution is 2.20. The van der Waals surface area contributed by atoms with Crippen molar-refractivity contribution < 1.29 is 29.1 Å². The average molecular weight is 584 g/mol. The van der Waals surface area contributed by atoms with Crippen LogP contribution in [0, 0.1) is 0 Å². The number of H-pyrrole nitrogens is 3. The van der Waals surface area contributed by atoms with Crippen molar-refractivity contribution in [2.45, 2.75) is 56.3 Å². The highest BCUT2D eigenvalue weighted by atomic mass is 16.4. The van der Waals surface area contributed by atoms with Crippen LogP contribution >= 0.6 is 0 Å². The molecule has 1 aliphatic heterocycles. The summed E-state index contributed by atoms with van der Waals surface area (Å²) in [6.07, 6.45) is 10.0. The smallest absolute Gasteiger partial charge is 0.322 e. The van der Waals surface area contributed by atoms with Crippen molar-refractivity contribution in [3.8, 4) is 0 Å². The standard InChI is InChI=1S/C25H33N11O6/c26-17(4-14-7-27-11-31-14)22(39)35-19(6-16-9-29-13-33-16)25(42)36-3-1-2-20(36)24(41)34-18(5-15-8-28-12-32-15)23(40)30-10-21(37)38/h7-9,11-13,17-20H,1-6,10,26H2,(H,27,31)(H,28,32)(H,29,33)(H,30,40)(H,34,41)(H,35,39)(H,37,38)/t17-,18-,19-,20-/m0/s1. The predicted octanol–water partition coefficient (Wildman–Crippen LogP) is -2.63. The molecule has 0 aliphatic carbocycles. The first kappa shape index (κ1) is 29.9. The summed E-state index contributed by atoms with van der Waals surface area (Å²) in [5, 5.41) is 16.6. The number of nitrogens with zero attached hydrogens (tertiary/aromatic N) is 4. The minimum atomic E-state index is -1.24. The van der Waals surface area contributed by atoms with Crippen LogP contribution in [0.3, 0.4) is 0 Å². The summed E-state index contributed by atoms with van der Waals surface area (Å²) in [4.78, 5) is 85.7. The van der Waals surface area contributed by atoms with Gasteiger partial charge in [0.15, 0.2) is 0 Å². The number of aliphatic carboxylic acids is 1. The van der Waals surface area contributed by atoms with E-state index in [1.54, 1.807) is 6.20 Å². The molecular weight excluding hydrogens is 550 g/mol. The van der Waals surface area contributed by atoms with Crippen LogP contribution in [0.2, 0.25) is 0 Å². The van der Waals surface area contributed by atoms with Gasteiger partial charge in [-0.05, 0) is 12.8 Å². The van der Waals surface area contributed by atoms with Crippen LogP contribution in [-0.2, 0) is 43.2 Å². The fourth-order valence-electron chi connectivity index (χ4n) is 4.70. The molecule has 4 atom stereocenters. The lowest BCUT2D eigenvalue weighted by atomic mass is 10.1. The topological polar surface area (TPSA) is 257 Å². The van der Waals surface area contributed by atoms with Gasteiger partial charge in [-0.1, -0.05) is 0 Å². The van der Waals surface area contributed by atoms with Crippen LogP contribution in [0.15, 0.2) is 37.6 Å². The van der Waals surface area contributed by atoms with Crippen molar-refractivity contribution in [1.29, 1.82) is 0 Å². The molecule has 4 rings (SSSR count). The number of nitrogens with one attached hydrogen (secondary N) is 6. The molecule has 0 radical (unpaired) electrons. The Bertz CT molecular complexity index is 1340. The number of imidazole rings is 3. The number of hydrogen-bond acceptors (Lipinski definition) is 9. The first-order chi connectivity index (χ1) is 20.2. The summed E-state index contributed by atoms with van der Waals surface area (Å²) in [7, 11) is 0. The van der Waals surface area contributed by atoms with E-state index in [-0.39, 0.29) is 25.8 Å². The number of carbonyl (C=O) groups is 5.